The number of hydrogen-bond donors (Lipinski definition) is 1. The maximum atomic E-state index is 11.4. The Labute approximate surface area is 86.4 Å². The van der Waals surface area contributed by atoms with E-state index in [4.69, 9.17) is 5.11 Å². The molecule has 1 rings (SSSR count). The summed E-state index contributed by atoms with van der Waals surface area (Å²) in [6.07, 6.45) is 0.917. The fourth-order valence-corrected chi connectivity index (χ4v) is 2.02. The van der Waals surface area contributed by atoms with Crippen LogP contribution in [0.2, 0.25) is 0 Å². The fraction of sp³-hybridized carbons (Fsp3) is 0.400. The number of ketones is 1. The van der Waals surface area contributed by atoms with Crippen molar-refractivity contribution in [1.82, 2.24) is 0 Å². The second-order valence-electron chi connectivity index (χ2n) is 2.99. The number of Topliss-reactive ketones (excluding diaryl/α,β-unsaturated/α-hetero) is 1. The maximum absolute atomic E-state index is 11.4. The normalized spacial score (nSPS) is 10.1. The van der Waals surface area contributed by atoms with Crippen LogP contribution in [-0.4, -0.2) is 16.9 Å². The van der Waals surface area contributed by atoms with Gasteiger partial charge < -0.3 is 5.11 Å². The predicted molar refractivity (Wildman–Crippen MR) is 54.9 cm³/mol. The minimum atomic E-state index is -0.925. The average Bonchev–Trinajstić information content (AvgIpc) is 2.62. The number of thiophene rings is 1. The van der Waals surface area contributed by atoms with Gasteiger partial charge in [0.05, 0.1) is 11.3 Å². The van der Waals surface area contributed by atoms with Crippen molar-refractivity contribution in [1.29, 1.82) is 0 Å². The van der Waals surface area contributed by atoms with Gasteiger partial charge in [-0.15, -0.1) is 11.3 Å². The molecule has 76 valence electrons. The summed E-state index contributed by atoms with van der Waals surface area (Å²) in [4.78, 5) is 22.3. The van der Waals surface area contributed by atoms with Crippen molar-refractivity contribution in [2.24, 2.45) is 0 Å². The van der Waals surface area contributed by atoms with Gasteiger partial charge in [-0.1, -0.05) is 6.92 Å². The molecule has 1 aromatic rings. The Morgan fingerprint density at radius 2 is 2.14 bits per heavy atom. The van der Waals surface area contributed by atoms with Crippen LogP contribution in [0.1, 0.15) is 35.0 Å². The Kier molecular flexibility index (Phi) is 3.83. The molecule has 0 amide bonds. The molecular formula is C10H12O3S. The molecule has 0 aliphatic carbocycles. The number of hydrogen-bond acceptors (Lipinski definition) is 3. The third-order valence-electron chi connectivity index (χ3n) is 1.90. The summed E-state index contributed by atoms with van der Waals surface area (Å²) >= 11 is 1.39. The summed E-state index contributed by atoms with van der Waals surface area (Å²) in [6.45, 7) is 2.02. The van der Waals surface area contributed by atoms with Crippen molar-refractivity contribution in [3.63, 3.8) is 0 Å². The van der Waals surface area contributed by atoms with Crippen LogP contribution in [0.5, 0.6) is 0 Å². The molecular weight excluding hydrogens is 200 g/mol. The Bertz CT molecular complexity index is 341. The van der Waals surface area contributed by atoms with E-state index in [9.17, 15) is 9.59 Å². The molecule has 0 radical (unpaired) electrons. The van der Waals surface area contributed by atoms with Gasteiger partial charge in [-0.25, -0.2) is 0 Å². The van der Waals surface area contributed by atoms with Crippen LogP contribution in [-0.2, 0) is 11.2 Å². The Morgan fingerprint density at radius 1 is 1.43 bits per heavy atom. The predicted octanol–water partition coefficient (Wildman–Crippen LogP) is 2.36. The molecule has 1 heterocycles. The molecule has 14 heavy (non-hydrogen) atoms. The van der Waals surface area contributed by atoms with Crippen molar-refractivity contribution in [3.8, 4) is 0 Å². The first-order valence-corrected chi connectivity index (χ1v) is 5.34. The highest BCUT2D eigenvalue weighted by molar-refractivity contribution is 7.12. The van der Waals surface area contributed by atoms with E-state index in [-0.39, 0.29) is 18.6 Å². The molecule has 0 bridgehead atoms. The van der Waals surface area contributed by atoms with E-state index in [0.29, 0.717) is 4.88 Å². The summed E-state index contributed by atoms with van der Waals surface area (Å²) in [5, 5.41) is 10.4. The van der Waals surface area contributed by atoms with Gasteiger partial charge in [0.15, 0.2) is 5.78 Å². The van der Waals surface area contributed by atoms with Crippen LogP contribution in [0.25, 0.3) is 0 Å². The number of carbonyl (C=O) groups excluding carboxylic acids is 1. The van der Waals surface area contributed by atoms with Gasteiger partial charge in [-0.3, -0.25) is 9.59 Å². The molecule has 1 aromatic heterocycles. The van der Waals surface area contributed by atoms with E-state index in [1.807, 2.05) is 18.4 Å². The SMILES string of the molecule is CCc1csc(C(=O)CCC(=O)O)c1. The maximum Gasteiger partial charge on any atom is 0.303 e. The van der Waals surface area contributed by atoms with Crippen LogP contribution in [0.3, 0.4) is 0 Å². The summed E-state index contributed by atoms with van der Waals surface area (Å²) in [5.74, 6) is -0.997. The highest BCUT2D eigenvalue weighted by Gasteiger charge is 2.10. The van der Waals surface area contributed by atoms with Gasteiger partial charge in [0.2, 0.25) is 0 Å². The summed E-state index contributed by atoms with van der Waals surface area (Å²) in [7, 11) is 0. The van der Waals surface area contributed by atoms with E-state index in [0.717, 1.165) is 12.0 Å². The smallest absolute Gasteiger partial charge is 0.303 e. The first kappa shape index (κ1) is 10.9. The van der Waals surface area contributed by atoms with Gasteiger partial charge in [0.25, 0.3) is 0 Å². The monoisotopic (exact) mass is 212 g/mol. The standard InChI is InChI=1S/C10H12O3S/c1-2-7-5-9(14-6-7)8(11)3-4-10(12)13/h5-6H,2-4H2,1H3,(H,12,13). The highest BCUT2D eigenvalue weighted by atomic mass is 32.1. The number of aliphatic carboxylic acids is 1. The number of aryl methyl sites for hydroxylation is 1. The Hall–Kier alpha value is -1.16. The fourth-order valence-electron chi connectivity index (χ4n) is 1.05. The van der Waals surface area contributed by atoms with Crippen molar-refractivity contribution >= 4 is 23.1 Å². The molecule has 1 N–H and O–H groups in total. The van der Waals surface area contributed by atoms with E-state index in [2.05, 4.69) is 0 Å². The molecule has 3 nitrogen and oxygen atoms in total. The lowest BCUT2D eigenvalue weighted by Gasteiger charge is -1.93. The third kappa shape index (κ3) is 2.96. The zero-order chi connectivity index (χ0) is 10.6. The first-order chi connectivity index (χ1) is 6.63. The first-order valence-electron chi connectivity index (χ1n) is 4.46. The van der Waals surface area contributed by atoms with E-state index < -0.39 is 5.97 Å². The number of carboxylic acid groups (broad SMARTS) is 1. The zero-order valence-corrected chi connectivity index (χ0v) is 8.76. The number of carboxylic acids is 1. The van der Waals surface area contributed by atoms with Crippen LogP contribution in [0.15, 0.2) is 11.4 Å². The molecule has 0 unspecified atom stereocenters. The van der Waals surface area contributed by atoms with E-state index in [1.54, 1.807) is 0 Å². The molecule has 0 spiro atoms. The number of rotatable bonds is 5. The second kappa shape index (κ2) is 4.91. The van der Waals surface area contributed by atoms with E-state index in [1.165, 1.54) is 11.3 Å². The molecule has 0 saturated heterocycles. The Balaban J connectivity index is 2.56. The quantitative estimate of drug-likeness (QED) is 0.762. The molecule has 0 fully saturated rings. The molecule has 4 heteroatoms. The lowest BCUT2D eigenvalue weighted by Crippen LogP contribution is -2.01. The second-order valence-corrected chi connectivity index (χ2v) is 3.90. The molecule has 0 aliphatic rings. The summed E-state index contributed by atoms with van der Waals surface area (Å²) in [6, 6.07) is 1.84. The summed E-state index contributed by atoms with van der Waals surface area (Å²) < 4.78 is 0. The molecule has 0 saturated carbocycles. The van der Waals surface area contributed by atoms with Crippen LogP contribution in [0.4, 0.5) is 0 Å². The van der Waals surface area contributed by atoms with Crippen molar-refractivity contribution in [3.05, 3.63) is 21.9 Å². The van der Waals surface area contributed by atoms with Crippen LogP contribution >= 0.6 is 11.3 Å². The number of carbonyl (C=O) groups is 2. The molecule has 0 atom stereocenters. The van der Waals surface area contributed by atoms with Gasteiger partial charge in [0, 0.05) is 6.42 Å². The Morgan fingerprint density at radius 3 is 2.64 bits per heavy atom. The van der Waals surface area contributed by atoms with Crippen LogP contribution < -0.4 is 0 Å². The minimum absolute atomic E-state index is 0.0721. The third-order valence-corrected chi connectivity index (χ3v) is 2.92. The lowest BCUT2D eigenvalue weighted by molar-refractivity contribution is -0.136. The van der Waals surface area contributed by atoms with Crippen molar-refractivity contribution in [2.45, 2.75) is 26.2 Å². The van der Waals surface area contributed by atoms with Crippen molar-refractivity contribution in [2.75, 3.05) is 0 Å². The van der Waals surface area contributed by atoms with Gasteiger partial charge in [-0.2, -0.15) is 0 Å². The molecule has 0 aliphatic heterocycles. The summed E-state index contributed by atoms with van der Waals surface area (Å²) in [5.41, 5.74) is 1.13. The van der Waals surface area contributed by atoms with Crippen LogP contribution in [0, 0.1) is 0 Å². The largest absolute Gasteiger partial charge is 0.481 e. The van der Waals surface area contributed by atoms with Gasteiger partial charge >= 0.3 is 5.97 Å². The van der Waals surface area contributed by atoms with Gasteiger partial charge in [-0.05, 0) is 23.4 Å². The minimum Gasteiger partial charge on any atom is -0.481 e. The zero-order valence-electron chi connectivity index (χ0n) is 7.95. The van der Waals surface area contributed by atoms with E-state index >= 15 is 0 Å². The van der Waals surface area contributed by atoms with Crippen molar-refractivity contribution < 1.29 is 14.7 Å². The lowest BCUT2D eigenvalue weighted by atomic mass is 10.1. The highest BCUT2D eigenvalue weighted by Crippen LogP contribution is 2.17. The molecule has 0 aromatic carbocycles. The topological polar surface area (TPSA) is 54.4 Å². The average molecular weight is 212 g/mol. The van der Waals surface area contributed by atoms with Gasteiger partial charge in [0.1, 0.15) is 0 Å².